The van der Waals surface area contributed by atoms with Crippen LogP contribution in [0.5, 0.6) is 11.5 Å². The van der Waals surface area contributed by atoms with Gasteiger partial charge in [-0.3, -0.25) is 14.2 Å². The van der Waals surface area contributed by atoms with E-state index in [1.807, 2.05) is 0 Å². The fourth-order valence-electron chi connectivity index (χ4n) is 2.88. The Balaban J connectivity index is 1.82. The van der Waals surface area contributed by atoms with Gasteiger partial charge in [0.1, 0.15) is 11.5 Å². The lowest BCUT2D eigenvalue weighted by atomic mass is 10.2. The molecule has 0 unspecified atom stereocenters. The minimum absolute atomic E-state index is 0.0423. The van der Waals surface area contributed by atoms with Gasteiger partial charge in [-0.15, -0.1) is 0 Å². The predicted molar refractivity (Wildman–Crippen MR) is 122 cm³/mol. The molecule has 31 heavy (non-hydrogen) atoms. The van der Waals surface area contributed by atoms with Crippen molar-refractivity contribution in [3.63, 3.8) is 0 Å². The molecule has 0 saturated carbocycles. The van der Waals surface area contributed by atoms with Crippen LogP contribution in [0.25, 0.3) is 10.9 Å². The Morgan fingerprint density at radius 2 is 1.97 bits per heavy atom. The van der Waals surface area contributed by atoms with Gasteiger partial charge in [-0.1, -0.05) is 23.4 Å². The number of thioether (sulfide) groups is 1. The zero-order chi connectivity index (χ0) is 22.4. The van der Waals surface area contributed by atoms with Gasteiger partial charge in [-0.2, -0.15) is 0 Å². The zero-order valence-electron chi connectivity index (χ0n) is 17.3. The summed E-state index contributed by atoms with van der Waals surface area (Å²) in [6.45, 7) is 0.653. The fraction of sp³-hybridized carbons (Fsp3) is 0.286. The standard InChI is InChI=1S/C21H22ClN3O5S/c1-28-9-8-25-20(27)15-6-4-13(22)10-17(15)24-21(25)31-12-19(26)23-16-7-5-14(29-2)11-18(16)30-3/h4-7,10-11H,8-9,12H2,1-3H3,(H,23,26). The van der Waals surface area contributed by atoms with E-state index in [-0.39, 0.29) is 17.2 Å². The molecular weight excluding hydrogens is 442 g/mol. The van der Waals surface area contributed by atoms with Crippen LogP contribution in [0.4, 0.5) is 5.69 Å². The molecule has 0 fully saturated rings. The van der Waals surface area contributed by atoms with E-state index in [0.717, 1.165) is 11.8 Å². The first-order valence-corrected chi connectivity index (χ1v) is 10.7. The lowest BCUT2D eigenvalue weighted by Gasteiger charge is -2.14. The molecule has 1 amide bonds. The molecule has 0 aliphatic heterocycles. The maximum Gasteiger partial charge on any atom is 0.262 e. The molecule has 1 heterocycles. The van der Waals surface area contributed by atoms with Crippen molar-refractivity contribution in [2.75, 3.05) is 39.0 Å². The normalized spacial score (nSPS) is 10.8. The number of ether oxygens (including phenoxy) is 3. The molecule has 10 heteroatoms. The number of aromatic nitrogens is 2. The number of carbonyl (C=O) groups excluding carboxylic acids is 1. The Morgan fingerprint density at radius 3 is 2.68 bits per heavy atom. The van der Waals surface area contributed by atoms with Gasteiger partial charge in [-0.25, -0.2) is 4.98 Å². The third-order valence-electron chi connectivity index (χ3n) is 4.42. The summed E-state index contributed by atoms with van der Waals surface area (Å²) >= 11 is 7.21. The van der Waals surface area contributed by atoms with Gasteiger partial charge >= 0.3 is 0 Å². The zero-order valence-corrected chi connectivity index (χ0v) is 18.9. The summed E-state index contributed by atoms with van der Waals surface area (Å²) in [5.74, 6) is 0.867. The molecule has 2 aromatic carbocycles. The Kier molecular flexibility index (Phi) is 7.78. The van der Waals surface area contributed by atoms with Crippen molar-refractivity contribution in [3.8, 4) is 11.5 Å². The van der Waals surface area contributed by atoms with E-state index in [1.165, 1.54) is 11.7 Å². The average Bonchev–Trinajstić information content (AvgIpc) is 2.77. The van der Waals surface area contributed by atoms with Gasteiger partial charge in [-0.05, 0) is 30.3 Å². The Bertz CT molecular complexity index is 1150. The van der Waals surface area contributed by atoms with Crippen molar-refractivity contribution in [1.82, 2.24) is 9.55 Å². The van der Waals surface area contributed by atoms with Crippen LogP contribution < -0.4 is 20.3 Å². The van der Waals surface area contributed by atoms with Crippen LogP contribution in [-0.4, -0.2) is 49.1 Å². The van der Waals surface area contributed by atoms with Crippen LogP contribution in [0.3, 0.4) is 0 Å². The molecule has 1 N–H and O–H groups in total. The summed E-state index contributed by atoms with van der Waals surface area (Å²) < 4.78 is 17.1. The second-order valence-corrected chi connectivity index (χ2v) is 7.79. The van der Waals surface area contributed by atoms with Gasteiger partial charge < -0.3 is 19.5 Å². The molecule has 3 aromatic rings. The summed E-state index contributed by atoms with van der Waals surface area (Å²) in [5.41, 5.74) is 0.785. The van der Waals surface area contributed by atoms with Gasteiger partial charge in [0.05, 0.1) is 49.7 Å². The van der Waals surface area contributed by atoms with Crippen LogP contribution in [0.1, 0.15) is 0 Å². The van der Waals surface area contributed by atoms with Crippen molar-refractivity contribution in [1.29, 1.82) is 0 Å². The predicted octanol–water partition coefficient (Wildman–Crippen LogP) is 3.44. The molecule has 0 atom stereocenters. The summed E-state index contributed by atoms with van der Waals surface area (Å²) in [6.07, 6.45) is 0. The van der Waals surface area contributed by atoms with Gasteiger partial charge in [0.25, 0.3) is 5.56 Å². The van der Waals surface area contributed by atoms with Gasteiger partial charge in [0, 0.05) is 18.2 Å². The molecule has 0 aliphatic rings. The number of nitrogens with zero attached hydrogens (tertiary/aromatic N) is 2. The third kappa shape index (κ3) is 5.49. The molecule has 8 nitrogen and oxygen atoms in total. The number of benzene rings is 2. The number of hydrogen-bond acceptors (Lipinski definition) is 7. The third-order valence-corrected chi connectivity index (χ3v) is 5.63. The maximum absolute atomic E-state index is 12.9. The lowest BCUT2D eigenvalue weighted by Crippen LogP contribution is -2.26. The van der Waals surface area contributed by atoms with Crippen LogP contribution in [0, 0.1) is 0 Å². The second-order valence-electron chi connectivity index (χ2n) is 6.41. The van der Waals surface area contributed by atoms with Crippen molar-refractivity contribution in [2.45, 2.75) is 11.7 Å². The molecule has 164 valence electrons. The number of nitrogens with one attached hydrogen (secondary N) is 1. The summed E-state index contributed by atoms with van der Waals surface area (Å²) in [7, 11) is 4.62. The average molecular weight is 464 g/mol. The van der Waals surface area contributed by atoms with Crippen molar-refractivity contribution >= 4 is 45.9 Å². The highest BCUT2D eigenvalue weighted by atomic mass is 35.5. The maximum atomic E-state index is 12.9. The van der Waals surface area contributed by atoms with E-state index in [1.54, 1.807) is 50.6 Å². The number of anilines is 1. The molecule has 0 aliphatic carbocycles. The molecule has 0 bridgehead atoms. The number of amides is 1. The Labute approximate surface area is 188 Å². The van der Waals surface area contributed by atoms with E-state index < -0.39 is 0 Å². The van der Waals surface area contributed by atoms with Crippen molar-refractivity contribution in [2.24, 2.45) is 0 Å². The molecule has 0 spiro atoms. The fourth-order valence-corrected chi connectivity index (χ4v) is 3.87. The van der Waals surface area contributed by atoms with E-state index in [4.69, 9.17) is 25.8 Å². The van der Waals surface area contributed by atoms with Crippen molar-refractivity contribution in [3.05, 3.63) is 51.8 Å². The molecule has 3 rings (SSSR count). The largest absolute Gasteiger partial charge is 0.497 e. The second kappa shape index (κ2) is 10.5. The van der Waals surface area contributed by atoms with Gasteiger partial charge in [0.2, 0.25) is 5.91 Å². The molecule has 1 aromatic heterocycles. The number of fused-ring (bicyclic) bond motifs is 1. The topological polar surface area (TPSA) is 91.7 Å². The van der Waals surface area contributed by atoms with Crippen LogP contribution in [0.15, 0.2) is 46.3 Å². The van der Waals surface area contributed by atoms with Crippen LogP contribution >= 0.6 is 23.4 Å². The van der Waals surface area contributed by atoms with Crippen molar-refractivity contribution < 1.29 is 19.0 Å². The highest BCUT2D eigenvalue weighted by Crippen LogP contribution is 2.29. The van der Waals surface area contributed by atoms with E-state index in [9.17, 15) is 9.59 Å². The number of carbonyl (C=O) groups is 1. The molecule has 0 radical (unpaired) electrons. The van der Waals surface area contributed by atoms with Crippen LogP contribution in [0.2, 0.25) is 5.02 Å². The molecular formula is C21H22ClN3O5S. The number of halogens is 1. The molecule has 0 saturated heterocycles. The smallest absolute Gasteiger partial charge is 0.262 e. The lowest BCUT2D eigenvalue weighted by molar-refractivity contribution is -0.113. The van der Waals surface area contributed by atoms with Crippen LogP contribution in [-0.2, 0) is 16.1 Å². The Morgan fingerprint density at radius 1 is 1.16 bits per heavy atom. The van der Waals surface area contributed by atoms with Gasteiger partial charge in [0.15, 0.2) is 5.16 Å². The minimum atomic E-state index is -0.271. The van der Waals surface area contributed by atoms with E-state index >= 15 is 0 Å². The van der Waals surface area contributed by atoms with E-state index in [0.29, 0.717) is 51.4 Å². The Hall–Kier alpha value is -2.75. The first-order chi connectivity index (χ1) is 15.0. The number of hydrogen-bond donors (Lipinski definition) is 1. The summed E-state index contributed by atoms with van der Waals surface area (Å²) in [6, 6.07) is 10.0. The number of rotatable bonds is 9. The minimum Gasteiger partial charge on any atom is -0.497 e. The first kappa shape index (κ1) is 22.9. The quantitative estimate of drug-likeness (QED) is 0.384. The summed E-state index contributed by atoms with van der Waals surface area (Å²) in [5, 5.41) is 4.15. The highest BCUT2D eigenvalue weighted by Gasteiger charge is 2.15. The monoisotopic (exact) mass is 463 g/mol. The highest BCUT2D eigenvalue weighted by molar-refractivity contribution is 7.99. The SMILES string of the molecule is COCCn1c(SCC(=O)Nc2ccc(OC)cc2OC)nc2cc(Cl)ccc2c1=O. The summed E-state index contributed by atoms with van der Waals surface area (Å²) in [4.78, 5) is 30.0. The first-order valence-electron chi connectivity index (χ1n) is 9.30. The number of methoxy groups -OCH3 is 3. The van der Waals surface area contributed by atoms with E-state index in [2.05, 4.69) is 10.3 Å².